The Morgan fingerprint density at radius 2 is 1.96 bits per heavy atom. The van der Waals surface area contributed by atoms with E-state index in [1.165, 1.54) is 30.7 Å². The molecular weight excluding hydrogens is 361 g/mol. The molecule has 0 bridgehead atoms. The lowest BCUT2D eigenvalue weighted by molar-refractivity contribution is 0.185. The average Bonchev–Trinajstić information content (AvgIpc) is 2.54. The largest absolute Gasteiger partial charge is 0.383 e. The lowest BCUT2D eigenvalue weighted by Gasteiger charge is -2.19. The fraction of sp³-hybridized carbons (Fsp3) is 0.286. The molecule has 2 rings (SSSR count). The zero-order chi connectivity index (χ0) is 17.0. The number of benzene rings is 1. The van der Waals surface area contributed by atoms with Gasteiger partial charge in [0.05, 0.1) is 28.4 Å². The predicted octanol–water partition coefficient (Wildman–Crippen LogP) is 2.72. The second kappa shape index (κ2) is 7.55. The molecule has 2 aromatic rings. The van der Waals surface area contributed by atoms with Gasteiger partial charge in [0.25, 0.3) is 0 Å². The van der Waals surface area contributed by atoms with E-state index in [0.29, 0.717) is 5.56 Å². The highest BCUT2D eigenvalue weighted by Gasteiger charge is 2.25. The number of sulfonamides is 1. The summed E-state index contributed by atoms with van der Waals surface area (Å²) in [5.74, 6) is 0. The van der Waals surface area contributed by atoms with Gasteiger partial charge in [0.2, 0.25) is 15.3 Å². The number of likely N-dealkylation sites (N-methyl/N-ethyl adjacent to an activating group) is 1. The number of methoxy groups -OCH3 is 1. The van der Waals surface area contributed by atoms with Gasteiger partial charge in [-0.25, -0.2) is 18.4 Å². The molecule has 0 aliphatic carbocycles. The molecule has 0 amide bonds. The number of aromatic nitrogens is 2. The van der Waals surface area contributed by atoms with Crippen LogP contribution in [0.3, 0.4) is 0 Å². The van der Waals surface area contributed by atoms with Crippen LogP contribution in [0.5, 0.6) is 0 Å². The van der Waals surface area contributed by atoms with Gasteiger partial charge in [-0.05, 0) is 17.7 Å². The van der Waals surface area contributed by atoms with Crippen LogP contribution in [-0.4, -0.2) is 50.0 Å². The van der Waals surface area contributed by atoms with Gasteiger partial charge in [0, 0.05) is 26.3 Å². The zero-order valence-electron chi connectivity index (χ0n) is 12.5. The van der Waals surface area contributed by atoms with Crippen molar-refractivity contribution in [3.8, 4) is 11.3 Å². The smallest absolute Gasteiger partial charge is 0.243 e. The summed E-state index contributed by atoms with van der Waals surface area (Å²) < 4.78 is 31.7. The van der Waals surface area contributed by atoms with E-state index in [-0.39, 0.29) is 34.0 Å². The van der Waals surface area contributed by atoms with Crippen LogP contribution in [0.1, 0.15) is 0 Å². The van der Waals surface area contributed by atoms with Crippen LogP contribution < -0.4 is 0 Å². The number of rotatable bonds is 6. The van der Waals surface area contributed by atoms with Crippen LogP contribution in [0.4, 0.5) is 0 Å². The Balaban J connectivity index is 2.56. The average molecular weight is 376 g/mol. The fourth-order valence-electron chi connectivity index (χ4n) is 1.93. The summed E-state index contributed by atoms with van der Waals surface area (Å²) in [7, 11) is -0.732. The SMILES string of the molecule is COCCN(C)S(=O)(=O)c1ccccc1-c1nc(Cl)ncc1Cl. The summed E-state index contributed by atoms with van der Waals surface area (Å²) >= 11 is 11.9. The Hall–Kier alpha value is -1.25. The van der Waals surface area contributed by atoms with E-state index in [1.54, 1.807) is 18.2 Å². The lowest BCUT2D eigenvalue weighted by atomic mass is 10.1. The first-order chi connectivity index (χ1) is 10.9. The first-order valence-corrected chi connectivity index (χ1v) is 8.80. The van der Waals surface area contributed by atoms with Gasteiger partial charge in [0.1, 0.15) is 0 Å². The molecule has 0 aliphatic heterocycles. The third-order valence-electron chi connectivity index (χ3n) is 3.16. The Morgan fingerprint density at radius 3 is 2.65 bits per heavy atom. The monoisotopic (exact) mass is 375 g/mol. The Labute approximate surface area is 145 Å². The van der Waals surface area contributed by atoms with Crippen LogP contribution in [0.15, 0.2) is 35.4 Å². The molecule has 23 heavy (non-hydrogen) atoms. The summed E-state index contributed by atoms with van der Waals surface area (Å²) in [6.45, 7) is 0.517. The molecule has 9 heteroatoms. The topological polar surface area (TPSA) is 72.4 Å². The van der Waals surface area contributed by atoms with Gasteiger partial charge in [-0.3, -0.25) is 0 Å². The molecule has 0 radical (unpaired) electrons. The van der Waals surface area contributed by atoms with E-state index >= 15 is 0 Å². The predicted molar refractivity (Wildman–Crippen MR) is 89.2 cm³/mol. The van der Waals surface area contributed by atoms with Gasteiger partial charge in [0.15, 0.2) is 0 Å². The van der Waals surface area contributed by atoms with Crippen molar-refractivity contribution in [3.63, 3.8) is 0 Å². The summed E-state index contributed by atoms with van der Waals surface area (Å²) in [6, 6.07) is 6.47. The van der Waals surface area contributed by atoms with Gasteiger partial charge in [-0.15, -0.1) is 0 Å². The van der Waals surface area contributed by atoms with Gasteiger partial charge < -0.3 is 4.74 Å². The molecule has 1 aromatic carbocycles. The van der Waals surface area contributed by atoms with Crippen molar-refractivity contribution in [2.45, 2.75) is 4.90 Å². The van der Waals surface area contributed by atoms with E-state index in [2.05, 4.69) is 9.97 Å². The van der Waals surface area contributed by atoms with Crippen molar-refractivity contribution in [1.29, 1.82) is 0 Å². The molecule has 0 spiro atoms. The molecule has 0 aliphatic rings. The minimum absolute atomic E-state index is 0.00987. The number of halogens is 2. The summed E-state index contributed by atoms with van der Waals surface area (Å²) in [4.78, 5) is 7.92. The minimum atomic E-state index is -3.73. The van der Waals surface area contributed by atoms with E-state index in [1.807, 2.05) is 0 Å². The maximum Gasteiger partial charge on any atom is 0.243 e. The molecule has 6 nitrogen and oxygen atoms in total. The highest BCUT2D eigenvalue weighted by Crippen LogP contribution is 2.32. The molecule has 0 N–H and O–H groups in total. The molecule has 0 atom stereocenters. The summed E-state index contributed by atoms with van der Waals surface area (Å²) in [5.41, 5.74) is 0.636. The van der Waals surface area contributed by atoms with Crippen LogP contribution in [-0.2, 0) is 14.8 Å². The molecule has 124 valence electrons. The van der Waals surface area contributed by atoms with Gasteiger partial charge >= 0.3 is 0 Å². The normalized spacial score (nSPS) is 11.9. The highest BCUT2D eigenvalue weighted by atomic mass is 35.5. The first-order valence-electron chi connectivity index (χ1n) is 6.60. The number of hydrogen-bond acceptors (Lipinski definition) is 5. The molecular formula is C14H15Cl2N3O3S. The van der Waals surface area contributed by atoms with E-state index < -0.39 is 10.0 Å². The van der Waals surface area contributed by atoms with Crippen molar-refractivity contribution >= 4 is 33.2 Å². The minimum Gasteiger partial charge on any atom is -0.383 e. The standard InChI is InChI=1S/C14H15Cl2N3O3S/c1-19(7-8-22-2)23(20,21)12-6-4-3-5-10(12)13-11(15)9-17-14(16)18-13/h3-6,9H,7-8H2,1-2H3. The van der Waals surface area contributed by atoms with Gasteiger partial charge in [-0.2, -0.15) is 4.31 Å². The molecule has 0 saturated heterocycles. The molecule has 0 fully saturated rings. The summed E-state index contributed by atoms with van der Waals surface area (Å²) in [6.07, 6.45) is 1.34. The Kier molecular flexibility index (Phi) is 5.94. The Bertz CT molecular complexity index is 800. The van der Waals surface area contributed by atoms with Crippen LogP contribution in [0, 0.1) is 0 Å². The van der Waals surface area contributed by atoms with Crippen molar-refractivity contribution in [2.24, 2.45) is 0 Å². The number of hydrogen-bond donors (Lipinski definition) is 0. The second-order valence-electron chi connectivity index (χ2n) is 4.65. The van der Waals surface area contributed by atoms with Crippen molar-refractivity contribution in [2.75, 3.05) is 27.3 Å². The molecule has 0 unspecified atom stereocenters. The van der Waals surface area contributed by atoms with Crippen LogP contribution >= 0.6 is 23.2 Å². The lowest BCUT2D eigenvalue weighted by Crippen LogP contribution is -2.30. The van der Waals surface area contributed by atoms with Crippen LogP contribution in [0.2, 0.25) is 10.3 Å². The molecule has 1 aromatic heterocycles. The van der Waals surface area contributed by atoms with Crippen molar-refractivity contribution < 1.29 is 13.2 Å². The molecule has 1 heterocycles. The van der Waals surface area contributed by atoms with E-state index in [4.69, 9.17) is 27.9 Å². The second-order valence-corrected chi connectivity index (χ2v) is 7.41. The Morgan fingerprint density at radius 1 is 1.26 bits per heavy atom. The maximum atomic E-state index is 12.8. The molecule has 0 saturated carbocycles. The third-order valence-corrected chi connectivity index (χ3v) is 5.53. The third kappa shape index (κ3) is 3.99. The maximum absolute atomic E-state index is 12.8. The van der Waals surface area contributed by atoms with E-state index in [9.17, 15) is 8.42 Å². The fourth-order valence-corrected chi connectivity index (χ4v) is 3.60. The number of ether oxygens (including phenoxy) is 1. The van der Waals surface area contributed by atoms with Gasteiger partial charge in [-0.1, -0.05) is 29.8 Å². The van der Waals surface area contributed by atoms with E-state index in [0.717, 1.165) is 0 Å². The van der Waals surface area contributed by atoms with Crippen molar-refractivity contribution in [1.82, 2.24) is 14.3 Å². The summed E-state index contributed by atoms with van der Waals surface area (Å²) in [5, 5.41) is 0.209. The van der Waals surface area contributed by atoms with Crippen LogP contribution in [0.25, 0.3) is 11.3 Å². The zero-order valence-corrected chi connectivity index (χ0v) is 14.9. The quantitative estimate of drug-likeness (QED) is 0.725. The highest BCUT2D eigenvalue weighted by molar-refractivity contribution is 7.89. The first kappa shape index (κ1) is 18.1. The number of nitrogens with zero attached hydrogens (tertiary/aromatic N) is 3. The van der Waals surface area contributed by atoms with Crippen molar-refractivity contribution in [3.05, 3.63) is 40.8 Å².